The number of carboxylic acid groups (broad SMARTS) is 1. The van der Waals surface area contributed by atoms with Crippen LogP contribution in [0.1, 0.15) is 23.2 Å². The summed E-state index contributed by atoms with van der Waals surface area (Å²) >= 11 is 1.60. The van der Waals surface area contributed by atoms with E-state index >= 15 is 0 Å². The van der Waals surface area contributed by atoms with Crippen molar-refractivity contribution in [1.29, 1.82) is 0 Å². The SMILES string of the molecule is O=Cc1ccc(OC2(C(=O)O)CCCSC2)cc1. The molecular formula is C13H14O4S. The number of hydrogen-bond acceptors (Lipinski definition) is 4. The first-order valence-electron chi connectivity index (χ1n) is 5.72. The van der Waals surface area contributed by atoms with Gasteiger partial charge in [0.15, 0.2) is 0 Å². The van der Waals surface area contributed by atoms with Gasteiger partial charge in [0.2, 0.25) is 5.60 Å². The van der Waals surface area contributed by atoms with Crippen molar-refractivity contribution in [2.24, 2.45) is 0 Å². The number of thioether (sulfide) groups is 1. The minimum atomic E-state index is -1.13. The molecule has 4 nitrogen and oxygen atoms in total. The first-order chi connectivity index (χ1) is 8.66. The van der Waals surface area contributed by atoms with Gasteiger partial charge in [-0.25, -0.2) is 4.79 Å². The predicted molar refractivity (Wildman–Crippen MR) is 69.4 cm³/mol. The summed E-state index contributed by atoms with van der Waals surface area (Å²) in [6, 6.07) is 6.50. The fraction of sp³-hybridized carbons (Fsp3) is 0.385. The number of benzene rings is 1. The van der Waals surface area contributed by atoms with Crippen molar-refractivity contribution in [3.8, 4) is 5.75 Å². The summed E-state index contributed by atoms with van der Waals surface area (Å²) in [5.74, 6) is 1.000. The Bertz CT molecular complexity index is 435. The van der Waals surface area contributed by atoms with Crippen molar-refractivity contribution in [2.45, 2.75) is 18.4 Å². The Morgan fingerprint density at radius 1 is 1.39 bits per heavy atom. The molecule has 1 N–H and O–H groups in total. The lowest BCUT2D eigenvalue weighted by Crippen LogP contribution is -2.48. The molecule has 1 aromatic rings. The summed E-state index contributed by atoms with van der Waals surface area (Å²) in [6.45, 7) is 0. The van der Waals surface area contributed by atoms with Crippen LogP contribution in [0.4, 0.5) is 0 Å². The topological polar surface area (TPSA) is 63.6 Å². The van der Waals surface area contributed by atoms with Crippen LogP contribution in [0.25, 0.3) is 0 Å². The molecule has 5 heteroatoms. The fourth-order valence-corrected chi connectivity index (χ4v) is 3.05. The van der Waals surface area contributed by atoms with Crippen LogP contribution in [0.5, 0.6) is 5.75 Å². The van der Waals surface area contributed by atoms with E-state index in [-0.39, 0.29) is 0 Å². The third-order valence-electron chi connectivity index (χ3n) is 2.92. The van der Waals surface area contributed by atoms with E-state index < -0.39 is 11.6 Å². The van der Waals surface area contributed by atoms with Gasteiger partial charge < -0.3 is 9.84 Å². The Labute approximate surface area is 109 Å². The van der Waals surface area contributed by atoms with Crippen molar-refractivity contribution >= 4 is 24.0 Å². The highest BCUT2D eigenvalue weighted by Gasteiger charge is 2.42. The number of carboxylic acids is 1. The summed E-state index contributed by atoms with van der Waals surface area (Å²) in [5, 5.41) is 9.36. The van der Waals surface area contributed by atoms with E-state index in [9.17, 15) is 14.7 Å². The van der Waals surface area contributed by atoms with Crippen molar-refractivity contribution in [3.63, 3.8) is 0 Å². The van der Waals surface area contributed by atoms with Crippen molar-refractivity contribution in [1.82, 2.24) is 0 Å². The molecule has 1 atom stereocenters. The third-order valence-corrected chi connectivity index (χ3v) is 4.17. The lowest BCUT2D eigenvalue weighted by Gasteiger charge is -2.33. The van der Waals surface area contributed by atoms with Crippen LogP contribution in [0.2, 0.25) is 0 Å². The molecule has 1 aliphatic heterocycles. The number of carbonyl (C=O) groups excluding carboxylic acids is 1. The normalized spacial score (nSPS) is 23.3. The van der Waals surface area contributed by atoms with Crippen LogP contribution in [0.3, 0.4) is 0 Å². The van der Waals surface area contributed by atoms with E-state index in [1.54, 1.807) is 36.0 Å². The number of rotatable bonds is 4. The minimum absolute atomic E-state index is 0.456. The highest BCUT2D eigenvalue weighted by molar-refractivity contribution is 7.99. The van der Waals surface area contributed by atoms with Gasteiger partial charge in [0, 0.05) is 11.3 Å². The quantitative estimate of drug-likeness (QED) is 0.847. The zero-order chi connectivity index (χ0) is 13.0. The average molecular weight is 266 g/mol. The van der Waals surface area contributed by atoms with Gasteiger partial charge in [-0.3, -0.25) is 4.79 Å². The molecule has 1 aliphatic rings. The highest BCUT2D eigenvalue weighted by Crippen LogP contribution is 2.32. The zero-order valence-corrected chi connectivity index (χ0v) is 10.6. The molecule has 1 aromatic carbocycles. The van der Waals surface area contributed by atoms with Gasteiger partial charge in [0.1, 0.15) is 12.0 Å². The van der Waals surface area contributed by atoms with Crippen LogP contribution < -0.4 is 4.74 Å². The van der Waals surface area contributed by atoms with Gasteiger partial charge in [-0.2, -0.15) is 11.8 Å². The largest absolute Gasteiger partial charge is 0.478 e. The van der Waals surface area contributed by atoms with Crippen LogP contribution >= 0.6 is 11.8 Å². The molecule has 0 radical (unpaired) electrons. The van der Waals surface area contributed by atoms with Crippen LogP contribution in [0.15, 0.2) is 24.3 Å². The fourth-order valence-electron chi connectivity index (χ4n) is 1.90. The maximum atomic E-state index is 11.4. The average Bonchev–Trinajstić information content (AvgIpc) is 2.40. The number of carbonyl (C=O) groups is 2. The summed E-state index contributed by atoms with van der Waals surface area (Å²) in [7, 11) is 0. The van der Waals surface area contributed by atoms with E-state index in [0.29, 0.717) is 23.5 Å². The van der Waals surface area contributed by atoms with Crippen LogP contribution in [-0.4, -0.2) is 34.5 Å². The monoisotopic (exact) mass is 266 g/mol. The Balaban J connectivity index is 2.17. The maximum absolute atomic E-state index is 11.4. The van der Waals surface area contributed by atoms with Crippen LogP contribution in [0, 0.1) is 0 Å². The summed E-state index contributed by atoms with van der Waals surface area (Å²) in [4.78, 5) is 22.0. The van der Waals surface area contributed by atoms with E-state index in [1.165, 1.54) is 0 Å². The molecule has 2 rings (SSSR count). The third kappa shape index (κ3) is 2.67. The maximum Gasteiger partial charge on any atom is 0.348 e. The first kappa shape index (κ1) is 13.0. The molecule has 0 aliphatic carbocycles. The Kier molecular flexibility index (Phi) is 3.91. The van der Waals surface area contributed by atoms with E-state index in [2.05, 4.69) is 0 Å². The summed E-state index contributed by atoms with van der Waals surface area (Å²) in [6.07, 6.45) is 2.10. The molecule has 0 saturated carbocycles. The van der Waals surface area contributed by atoms with Crippen molar-refractivity contribution in [3.05, 3.63) is 29.8 Å². The predicted octanol–water partition coefficient (Wildman–Crippen LogP) is 2.23. The number of aliphatic carboxylic acids is 1. The Morgan fingerprint density at radius 3 is 2.61 bits per heavy atom. The molecular weight excluding hydrogens is 252 g/mol. The lowest BCUT2D eigenvalue weighted by molar-refractivity contribution is -0.154. The number of ether oxygens (including phenoxy) is 1. The molecule has 0 amide bonds. The Hall–Kier alpha value is -1.49. The van der Waals surface area contributed by atoms with Crippen molar-refractivity contribution < 1.29 is 19.4 Å². The zero-order valence-electron chi connectivity index (χ0n) is 9.80. The molecule has 0 spiro atoms. The second-order valence-corrected chi connectivity index (χ2v) is 5.35. The van der Waals surface area contributed by atoms with Gasteiger partial charge in [-0.15, -0.1) is 0 Å². The molecule has 18 heavy (non-hydrogen) atoms. The second-order valence-electron chi connectivity index (χ2n) is 4.24. The van der Waals surface area contributed by atoms with E-state index in [0.717, 1.165) is 18.5 Å². The smallest absolute Gasteiger partial charge is 0.348 e. The van der Waals surface area contributed by atoms with E-state index in [4.69, 9.17) is 4.74 Å². The Morgan fingerprint density at radius 2 is 2.11 bits per heavy atom. The summed E-state index contributed by atoms with van der Waals surface area (Å²) < 4.78 is 5.67. The van der Waals surface area contributed by atoms with Gasteiger partial charge in [0.05, 0.1) is 0 Å². The van der Waals surface area contributed by atoms with E-state index in [1.807, 2.05) is 0 Å². The molecule has 0 bridgehead atoms. The minimum Gasteiger partial charge on any atom is -0.478 e. The molecule has 1 unspecified atom stereocenters. The molecule has 1 heterocycles. The van der Waals surface area contributed by atoms with Gasteiger partial charge >= 0.3 is 5.97 Å². The highest BCUT2D eigenvalue weighted by atomic mass is 32.2. The van der Waals surface area contributed by atoms with Gasteiger partial charge in [-0.1, -0.05) is 0 Å². The lowest BCUT2D eigenvalue weighted by atomic mass is 9.99. The molecule has 0 aromatic heterocycles. The number of hydrogen-bond donors (Lipinski definition) is 1. The first-order valence-corrected chi connectivity index (χ1v) is 6.87. The van der Waals surface area contributed by atoms with Crippen molar-refractivity contribution in [2.75, 3.05) is 11.5 Å². The van der Waals surface area contributed by atoms with Gasteiger partial charge in [-0.05, 0) is 42.9 Å². The molecule has 1 saturated heterocycles. The summed E-state index contributed by atoms with van der Waals surface area (Å²) in [5.41, 5.74) is -0.587. The second kappa shape index (κ2) is 5.44. The molecule has 96 valence electrons. The standard InChI is InChI=1S/C13H14O4S/c14-8-10-2-4-11(5-3-10)17-13(12(15)16)6-1-7-18-9-13/h2-5,8H,1,6-7,9H2,(H,15,16). The van der Waals surface area contributed by atoms with Gasteiger partial charge in [0.25, 0.3) is 0 Å². The molecule has 1 fully saturated rings. The number of aldehydes is 1. The van der Waals surface area contributed by atoms with Crippen LogP contribution in [-0.2, 0) is 4.79 Å².